The summed E-state index contributed by atoms with van der Waals surface area (Å²) in [7, 11) is 0. The molecule has 0 amide bonds. The number of aliphatic hydroxyl groups excluding tert-OH is 1. The number of nitrogens with zero attached hydrogens (tertiary/aromatic N) is 1. The fraction of sp³-hybridized carbons (Fsp3) is 0.909. The quantitative estimate of drug-likeness (QED) is 0.661. The van der Waals surface area contributed by atoms with Crippen LogP contribution in [0.25, 0.3) is 0 Å². The number of hydrogen-bond donors (Lipinski definition) is 2. The molecule has 1 fully saturated rings. The fourth-order valence-electron chi connectivity index (χ4n) is 1.87. The van der Waals surface area contributed by atoms with Gasteiger partial charge >= 0.3 is 6.16 Å². The van der Waals surface area contributed by atoms with Crippen LogP contribution in [0.3, 0.4) is 0 Å². The summed E-state index contributed by atoms with van der Waals surface area (Å²) < 4.78 is 9.86. The third kappa shape index (κ3) is 5.34. The lowest BCUT2D eigenvalue weighted by molar-refractivity contribution is -0.00371. The first kappa shape index (κ1) is 14.2. The summed E-state index contributed by atoms with van der Waals surface area (Å²) in [5, 5.41) is 9.42. The van der Waals surface area contributed by atoms with Crippen molar-refractivity contribution in [1.29, 1.82) is 0 Å². The number of piperidine rings is 1. The minimum Gasteiger partial charge on any atom is -0.435 e. The molecule has 6 heteroatoms. The minimum absolute atomic E-state index is 0.0691. The van der Waals surface area contributed by atoms with Gasteiger partial charge in [-0.2, -0.15) is 0 Å². The van der Waals surface area contributed by atoms with Gasteiger partial charge in [0.25, 0.3) is 0 Å². The van der Waals surface area contributed by atoms with E-state index in [0.29, 0.717) is 13.2 Å². The van der Waals surface area contributed by atoms with Crippen LogP contribution < -0.4 is 5.73 Å². The second kappa shape index (κ2) is 7.47. The van der Waals surface area contributed by atoms with Gasteiger partial charge in [-0.15, -0.1) is 0 Å². The van der Waals surface area contributed by atoms with Gasteiger partial charge < -0.3 is 25.2 Å². The van der Waals surface area contributed by atoms with Crippen molar-refractivity contribution in [3.05, 3.63) is 0 Å². The molecule has 1 atom stereocenters. The van der Waals surface area contributed by atoms with Crippen LogP contribution in [0.2, 0.25) is 0 Å². The van der Waals surface area contributed by atoms with Crippen molar-refractivity contribution in [2.24, 2.45) is 5.73 Å². The fourth-order valence-corrected chi connectivity index (χ4v) is 1.87. The van der Waals surface area contributed by atoms with Crippen LogP contribution in [0.5, 0.6) is 0 Å². The van der Waals surface area contributed by atoms with E-state index >= 15 is 0 Å². The summed E-state index contributed by atoms with van der Waals surface area (Å²) in [6.07, 6.45) is 0.414. The van der Waals surface area contributed by atoms with E-state index in [0.717, 1.165) is 25.9 Å². The van der Waals surface area contributed by atoms with Gasteiger partial charge in [0.1, 0.15) is 6.10 Å². The van der Waals surface area contributed by atoms with Crippen molar-refractivity contribution >= 4 is 6.16 Å². The molecule has 100 valence electrons. The predicted molar refractivity (Wildman–Crippen MR) is 62.6 cm³/mol. The van der Waals surface area contributed by atoms with Crippen LogP contribution in [0.15, 0.2) is 0 Å². The number of aliphatic hydroxyl groups is 1. The first-order valence-electron chi connectivity index (χ1n) is 6.09. The van der Waals surface area contributed by atoms with E-state index in [2.05, 4.69) is 4.90 Å². The standard InChI is InChI=1S/C11H22N2O4/c1-2-16-11(15)17-10-3-5-13(6-4-10)8-9(14)7-12/h9-10,14H,2-8,12H2,1H3. The molecule has 1 aliphatic rings. The van der Waals surface area contributed by atoms with Gasteiger partial charge in [-0.05, 0) is 19.8 Å². The van der Waals surface area contributed by atoms with Crippen molar-refractivity contribution in [3.63, 3.8) is 0 Å². The van der Waals surface area contributed by atoms with Gasteiger partial charge in [0.05, 0.1) is 12.7 Å². The predicted octanol–water partition coefficient (Wildman–Crippen LogP) is -0.0565. The van der Waals surface area contributed by atoms with E-state index in [4.69, 9.17) is 15.2 Å². The molecule has 1 heterocycles. The number of hydrogen-bond acceptors (Lipinski definition) is 6. The summed E-state index contributed by atoms with van der Waals surface area (Å²) in [4.78, 5) is 13.2. The van der Waals surface area contributed by atoms with E-state index in [1.54, 1.807) is 6.92 Å². The lowest BCUT2D eigenvalue weighted by atomic mass is 10.1. The lowest BCUT2D eigenvalue weighted by Crippen LogP contribution is -2.43. The molecular weight excluding hydrogens is 224 g/mol. The maximum absolute atomic E-state index is 11.1. The highest BCUT2D eigenvalue weighted by molar-refractivity contribution is 5.60. The van der Waals surface area contributed by atoms with E-state index < -0.39 is 12.3 Å². The Balaban J connectivity index is 2.19. The van der Waals surface area contributed by atoms with Gasteiger partial charge in [-0.3, -0.25) is 0 Å². The zero-order valence-electron chi connectivity index (χ0n) is 10.3. The summed E-state index contributed by atoms with van der Waals surface area (Å²) in [5.41, 5.74) is 5.35. The molecule has 1 unspecified atom stereocenters. The molecule has 1 saturated heterocycles. The monoisotopic (exact) mass is 246 g/mol. The molecule has 0 aromatic rings. The van der Waals surface area contributed by atoms with Crippen LogP contribution in [-0.2, 0) is 9.47 Å². The zero-order valence-corrected chi connectivity index (χ0v) is 10.3. The third-order valence-corrected chi connectivity index (χ3v) is 2.80. The van der Waals surface area contributed by atoms with Crippen LogP contribution >= 0.6 is 0 Å². The van der Waals surface area contributed by atoms with Gasteiger partial charge in [0.15, 0.2) is 0 Å². The Morgan fingerprint density at radius 3 is 2.71 bits per heavy atom. The highest BCUT2D eigenvalue weighted by Gasteiger charge is 2.23. The third-order valence-electron chi connectivity index (χ3n) is 2.80. The first-order chi connectivity index (χ1) is 8.15. The lowest BCUT2D eigenvalue weighted by Gasteiger charge is -2.32. The SMILES string of the molecule is CCOC(=O)OC1CCN(CC(O)CN)CC1. The molecule has 3 N–H and O–H groups in total. The van der Waals surface area contributed by atoms with Gasteiger partial charge in [-0.1, -0.05) is 0 Å². The van der Waals surface area contributed by atoms with Crippen molar-refractivity contribution in [2.45, 2.75) is 32.0 Å². The number of ether oxygens (including phenoxy) is 2. The van der Waals surface area contributed by atoms with E-state index in [9.17, 15) is 9.90 Å². The number of β-amino-alcohol motifs (C(OH)–C–C–N with tert-alkyl or cyclic N) is 1. The average Bonchev–Trinajstić information content (AvgIpc) is 2.32. The Hall–Kier alpha value is -0.850. The number of carbonyl (C=O) groups excluding carboxylic acids is 1. The van der Waals surface area contributed by atoms with Crippen molar-refractivity contribution in [3.8, 4) is 0 Å². The molecule has 0 bridgehead atoms. The van der Waals surface area contributed by atoms with Crippen molar-refractivity contribution < 1.29 is 19.4 Å². The van der Waals surface area contributed by atoms with Crippen molar-refractivity contribution in [1.82, 2.24) is 4.90 Å². The molecule has 0 aromatic carbocycles. The molecule has 0 spiro atoms. The Morgan fingerprint density at radius 1 is 1.53 bits per heavy atom. The van der Waals surface area contributed by atoms with Crippen LogP contribution in [0.1, 0.15) is 19.8 Å². The molecule has 17 heavy (non-hydrogen) atoms. The zero-order chi connectivity index (χ0) is 12.7. The second-order valence-electron chi connectivity index (χ2n) is 4.19. The summed E-state index contributed by atoms with van der Waals surface area (Å²) >= 11 is 0. The molecule has 0 radical (unpaired) electrons. The van der Waals surface area contributed by atoms with Gasteiger partial charge in [0, 0.05) is 26.2 Å². The van der Waals surface area contributed by atoms with Gasteiger partial charge in [0.2, 0.25) is 0 Å². The van der Waals surface area contributed by atoms with E-state index in [1.807, 2.05) is 0 Å². The van der Waals surface area contributed by atoms with Crippen LogP contribution in [-0.4, -0.2) is 61.2 Å². The largest absolute Gasteiger partial charge is 0.508 e. The molecular formula is C11H22N2O4. The molecule has 1 rings (SSSR count). The Kier molecular flexibility index (Phi) is 6.25. The van der Waals surface area contributed by atoms with Gasteiger partial charge in [-0.25, -0.2) is 4.79 Å². The molecule has 0 saturated carbocycles. The topological polar surface area (TPSA) is 85.0 Å². The normalized spacial score (nSPS) is 19.9. The average molecular weight is 246 g/mol. The Morgan fingerprint density at radius 2 is 2.18 bits per heavy atom. The maximum Gasteiger partial charge on any atom is 0.508 e. The van der Waals surface area contributed by atoms with Crippen LogP contribution in [0.4, 0.5) is 4.79 Å². The summed E-state index contributed by atoms with van der Waals surface area (Å²) in [5.74, 6) is 0. The summed E-state index contributed by atoms with van der Waals surface area (Å²) in [6, 6.07) is 0. The Labute approximate surface area is 102 Å². The van der Waals surface area contributed by atoms with Crippen molar-refractivity contribution in [2.75, 3.05) is 32.8 Å². The minimum atomic E-state index is -0.590. The maximum atomic E-state index is 11.1. The van der Waals surface area contributed by atoms with E-state index in [1.165, 1.54) is 0 Å². The molecule has 1 aliphatic heterocycles. The highest BCUT2D eigenvalue weighted by Crippen LogP contribution is 2.14. The molecule has 6 nitrogen and oxygen atoms in total. The first-order valence-corrected chi connectivity index (χ1v) is 6.09. The number of rotatable bonds is 5. The number of carbonyl (C=O) groups is 1. The second-order valence-corrected chi connectivity index (χ2v) is 4.19. The number of nitrogens with two attached hydrogens (primary N) is 1. The van der Waals surface area contributed by atoms with E-state index in [-0.39, 0.29) is 12.6 Å². The number of likely N-dealkylation sites (tertiary alicyclic amines) is 1. The Bertz CT molecular complexity index is 230. The highest BCUT2D eigenvalue weighted by atomic mass is 16.7. The molecule has 0 aromatic heterocycles. The molecule has 0 aliphatic carbocycles. The smallest absolute Gasteiger partial charge is 0.435 e. The summed E-state index contributed by atoms with van der Waals surface area (Å²) in [6.45, 7) is 4.56. The van der Waals surface area contributed by atoms with Crippen LogP contribution in [0, 0.1) is 0 Å².